The Hall–Kier alpha value is -6.00. The van der Waals surface area contributed by atoms with Gasteiger partial charge in [0, 0.05) is 34.1 Å². The maximum absolute atomic E-state index is 13.1. The number of aryl methyl sites for hydroxylation is 2. The quantitative estimate of drug-likeness (QED) is 0.0802. The standard InChI is InChI=1S/C34H38O4S4.4Rf/c1-7-39-19-25-15-23(5)31(29(17-25)21-41-9-3)37-33(35)27-11-13-28(14-12-27)34(36)38-32-24(6)16-26(20-40-8-2)18-30(32)22-42-10-4;;;;/h11-18H,1-4,7-10,19-22H2,5-6H3;;;;/q-4;;;;. The van der Waals surface area contributed by atoms with Crippen LogP contribution in [0.2, 0.25) is 0 Å². The molecule has 0 aromatic heterocycles. The Morgan fingerprint density at radius 2 is 0.848 bits per heavy atom. The zero-order valence-corrected chi connectivity index (χ0v) is 56.1. The second kappa shape index (κ2) is 20.8. The van der Waals surface area contributed by atoms with Gasteiger partial charge in [-0.2, -0.15) is 47.0 Å². The largest absolute Gasteiger partial charge is 0.422 e. The average Bonchev–Trinajstić information content (AvgIpc) is 2.99. The van der Waals surface area contributed by atoms with Gasteiger partial charge in [0.25, 0.3) is 0 Å². The van der Waals surface area contributed by atoms with Crippen molar-refractivity contribution in [3.63, 3.8) is 0 Å². The van der Waals surface area contributed by atoms with E-state index in [0.29, 0.717) is 34.1 Å². The van der Waals surface area contributed by atoms with Crippen LogP contribution in [0.4, 0.5) is 0 Å². The van der Waals surface area contributed by atoms with Crippen LogP contribution in [-0.4, -0.2) is 35.0 Å². The molecule has 0 bridgehead atoms. The molecule has 0 aliphatic rings. The Balaban J connectivity index is 0. The topological polar surface area (TPSA) is 52.6 Å². The van der Waals surface area contributed by atoms with Gasteiger partial charge in [0.05, 0.1) is 11.1 Å². The number of thioether (sulfide) groups is 4. The molecule has 0 atom stereocenters. The fourth-order valence-corrected chi connectivity index (χ4v) is 6.57. The molecule has 234 valence electrons. The third-order valence-corrected chi connectivity index (χ3v) is 9.46. The summed E-state index contributed by atoms with van der Waals surface area (Å²) in [5.41, 5.74) is 6.82. The maximum Gasteiger partial charge on any atom is 0.343 e. The van der Waals surface area contributed by atoms with Crippen LogP contribution in [-0.2, 0) is 23.0 Å². The first-order chi connectivity index (χ1) is 20.3. The van der Waals surface area contributed by atoms with Gasteiger partial charge in [-0.3, -0.25) is 0 Å². The van der Waals surface area contributed by atoms with E-state index in [9.17, 15) is 9.59 Å². The van der Waals surface area contributed by atoms with Crippen molar-refractivity contribution < 1.29 is 19.1 Å². The number of ether oxygens (including phenoxy) is 2. The summed E-state index contributed by atoms with van der Waals surface area (Å²) in [4.78, 5) is 26.3. The normalized spacial score (nSPS) is 10.0. The van der Waals surface area contributed by atoms with E-state index in [4.69, 9.17) is 9.47 Å². The van der Waals surface area contributed by atoms with Crippen LogP contribution in [0.25, 0.3) is 0 Å². The van der Waals surface area contributed by atoms with E-state index in [1.165, 1.54) is 11.1 Å². The molecular formula is C34H38O4Rf4S4-4. The monoisotopic (exact) mass is 1710 g/mol. The van der Waals surface area contributed by atoms with E-state index in [1.54, 1.807) is 71.3 Å². The van der Waals surface area contributed by atoms with Gasteiger partial charge >= 0.3 is 11.9 Å². The van der Waals surface area contributed by atoms with Gasteiger partial charge in [-0.15, -0.1) is 23.0 Å². The van der Waals surface area contributed by atoms with E-state index in [0.717, 1.165) is 56.8 Å². The van der Waals surface area contributed by atoms with Gasteiger partial charge in [-0.25, -0.2) is 9.59 Å². The molecule has 0 radical (unpaired) electrons. The van der Waals surface area contributed by atoms with Gasteiger partial charge in [-0.1, -0.05) is 24.3 Å². The van der Waals surface area contributed by atoms with E-state index in [1.807, 2.05) is 13.8 Å². The first-order valence-electron chi connectivity index (χ1n) is 13.6. The van der Waals surface area contributed by atoms with Crippen molar-refractivity contribution in [2.24, 2.45) is 0 Å². The van der Waals surface area contributed by atoms with Crippen molar-refractivity contribution in [3.05, 3.63) is 121 Å². The van der Waals surface area contributed by atoms with Crippen molar-refractivity contribution in [2.45, 2.75) is 36.9 Å². The van der Waals surface area contributed by atoms with Crippen LogP contribution in [0.1, 0.15) is 54.1 Å². The second-order valence-corrected chi connectivity index (χ2v) is 13.8. The molecule has 0 N–H and O–H groups in total. The summed E-state index contributed by atoms with van der Waals surface area (Å²) in [5, 5.41) is 0. The Kier molecular flexibility index (Phi) is 19.1. The molecule has 0 fully saturated rings. The van der Waals surface area contributed by atoms with E-state index in [2.05, 4.69) is 52.0 Å². The number of carbonyl (C=O) groups is 2. The van der Waals surface area contributed by atoms with E-state index >= 15 is 0 Å². The summed E-state index contributed by atoms with van der Waals surface area (Å²) in [5.74, 6) is 6.34. The molecule has 12 heteroatoms. The van der Waals surface area contributed by atoms with Crippen LogP contribution in [0.15, 0.2) is 48.5 Å². The smallest absolute Gasteiger partial charge is 0.343 e. The molecule has 0 unspecified atom stereocenters. The number of hydrogen-bond acceptors (Lipinski definition) is 8. The molecule has 4 nitrogen and oxygen atoms in total. The van der Waals surface area contributed by atoms with Gasteiger partial charge < -0.3 is 37.2 Å². The number of carbonyl (C=O) groups excluding carboxylic acids is 2. The molecule has 0 saturated carbocycles. The molecule has 3 aromatic carbocycles. The van der Waals surface area contributed by atoms with Crippen molar-refractivity contribution in [1.82, 2.24) is 0 Å². The predicted molar refractivity (Wildman–Crippen MR) is 185 cm³/mol. The summed E-state index contributed by atoms with van der Waals surface area (Å²) in [6, 6.07) is 14.7. The molecule has 0 amide bonds. The number of benzene rings is 3. The molecule has 0 aliphatic heterocycles. The molecule has 46 heavy (non-hydrogen) atoms. The van der Waals surface area contributed by atoms with Gasteiger partial charge in [0.15, 0.2) is 0 Å². The number of esters is 2. The van der Waals surface area contributed by atoms with Crippen LogP contribution in [0.3, 0.4) is 0 Å². The van der Waals surface area contributed by atoms with Crippen LogP contribution < -0.4 is 9.47 Å². The zero-order valence-electron chi connectivity index (χ0n) is 27.2. The van der Waals surface area contributed by atoms with Crippen molar-refractivity contribution >= 4 is 59.0 Å². The molecular weight excluding hydrogens is 1670 g/mol. The summed E-state index contributed by atoms with van der Waals surface area (Å²) in [6.07, 6.45) is 0. The molecule has 0 spiro atoms. The first-order valence-corrected chi connectivity index (χ1v) is 18.2. The molecule has 0 aliphatic carbocycles. The van der Waals surface area contributed by atoms with Gasteiger partial charge in [-0.05, 0) is 60.4 Å². The second-order valence-electron chi connectivity index (χ2n) is 9.37. The average molecular weight is 1710 g/mol. The summed E-state index contributed by atoms with van der Waals surface area (Å²) in [7, 11) is 0. The van der Waals surface area contributed by atoms with Crippen LogP contribution in [0, 0.1) is 41.5 Å². The third-order valence-electron chi connectivity index (χ3n) is 6.20. The van der Waals surface area contributed by atoms with E-state index in [-0.39, 0.29) is 0 Å². The van der Waals surface area contributed by atoms with Crippen molar-refractivity contribution in [3.8, 4) is 11.5 Å². The molecule has 0 saturated heterocycles. The minimum Gasteiger partial charge on any atom is -0.422 e. The van der Waals surface area contributed by atoms with Crippen LogP contribution >= 0.6 is 47.0 Å². The van der Waals surface area contributed by atoms with Gasteiger partial charge in [0.2, 0.25) is 0 Å². The summed E-state index contributed by atoms with van der Waals surface area (Å²) in [6.45, 7) is 19.5. The predicted octanol–water partition coefficient (Wildman–Crippen LogP) is 9.01. The Labute approximate surface area is 268 Å². The van der Waals surface area contributed by atoms with Crippen molar-refractivity contribution in [2.75, 3.05) is 23.0 Å². The maximum atomic E-state index is 13.1. The first kappa shape index (κ1) is 42.1. The molecule has 0 heterocycles. The Morgan fingerprint density at radius 3 is 1.15 bits per heavy atom. The SMILES string of the molecule is [CH2-]CSCc1cc(C)c(OC(=O)c2ccc(C(=O)Oc3c(C)cc(CSC[CH2-])cc3CSC[CH2-])cc2)c(CSC[CH2-])c1.[Rf].[Rf].[Rf].[Rf]. The fourth-order valence-electron chi connectivity index (χ4n) is 4.32. The fraction of sp³-hybridized carbons (Fsp3) is 0.294. The summed E-state index contributed by atoms with van der Waals surface area (Å²) >= 11 is 6.85. The van der Waals surface area contributed by atoms with E-state index < -0.39 is 11.9 Å². The number of rotatable bonds is 16. The summed E-state index contributed by atoms with van der Waals surface area (Å²) < 4.78 is 11.8. The Morgan fingerprint density at radius 1 is 0.543 bits per heavy atom. The van der Waals surface area contributed by atoms with Gasteiger partial charge in [0.1, 0.15) is 11.5 Å². The Bertz CT molecular complexity index is 1260. The van der Waals surface area contributed by atoms with Crippen LogP contribution in [0.5, 0.6) is 11.5 Å². The number of hydrogen-bond donors (Lipinski definition) is 0. The third kappa shape index (κ3) is 11.3. The molecule has 3 aromatic rings. The zero-order chi connectivity index (χ0) is 30.5. The van der Waals surface area contributed by atoms with Crippen molar-refractivity contribution in [1.29, 1.82) is 0 Å². The minimum atomic E-state index is -0.474. The minimum absolute atomic E-state index is 0. The molecule has 3 rings (SSSR count).